The van der Waals surface area contributed by atoms with E-state index in [9.17, 15) is 13.2 Å². The van der Waals surface area contributed by atoms with Gasteiger partial charge in [0, 0.05) is 6.08 Å². The van der Waals surface area contributed by atoms with Crippen molar-refractivity contribution in [2.24, 2.45) is 0 Å². The second kappa shape index (κ2) is 6.25. The summed E-state index contributed by atoms with van der Waals surface area (Å²) in [5.74, 6) is 0.532. The highest BCUT2D eigenvalue weighted by atomic mass is 32.1. The molecule has 8 heteroatoms. The molecular weight excluding hydrogens is 329 g/mol. The maximum absolute atomic E-state index is 12.1. The van der Waals surface area contributed by atoms with Crippen LogP contribution in [0, 0.1) is 0 Å². The summed E-state index contributed by atoms with van der Waals surface area (Å²) in [6.45, 7) is 0. The first-order valence-corrected chi connectivity index (χ1v) is 7.29. The average molecular weight is 338 g/mol. The first kappa shape index (κ1) is 15.3. The van der Waals surface area contributed by atoms with Crippen LogP contribution in [0.5, 0.6) is 5.75 Å². The summed E-state index contributed by atoms with van der Waals surface area (Å²) < 4.78 is 45.1. The Labute approximate surface area is 132 Å². The van der Waals surface area contributed by atoms with Gasteiger partial charge in [-0.3, -0.25) is 0 Å². The molecule has 0 aliphatic rings. The molecule has 23 heavy (non-hydrogen) atoms. The van der Waals surface area contributed by atoms with Crippen molar-refractivity contribution in [3.63, 3.8) is 0 Å². The van der Waals surface area contributed by atoms with Gasteiger partial charge in [-0.1, -0.05) is 23.4 Å². The highest BCUT2D eigenvalue weighted by Gasteiger charge is 2.30. The number of aromatic nitrogens is 2. The Kier molecular flexibility index (Phi) is 4.16. The summed E-state index contributed by atoms with van der Waals surface area (Å²) in [4.78, 5) is 5.10. The van der Waals surface area contributed by atoms with Crippen molar-refractivity contribution >= 4 is 23.5 Å². The molecule has 0 amide bonds. The molecule has 118 valence electrons. The number of halogens is 3. The lowest BCUT2D eigenvalue weighted by Gasteiger charge is -2.08. The largest absolute Gasteiger partial charge is 0.573 e. The van der Waals surface area contributed by atoms with E-state index in [1.54, 1.807) is 12.2 Å². The van der Waals surface area contributed by atoms with E-state index < -0.39 is 6.36 Å². The zero-order valence-corrected chi connectivity index (χ0v) is 12.3. The molecule has 0 saturated carbocycles. The summed E-state index contributed by atoms with van der Waals surface area (Å²) in [6, 6.07) is 9.22. The molecule has 3 rings (SSSR count). The van der Waals surface area contributed by atoms with Crippen LogP contribution in [0.3, 0.4) is 0 Å². The van der Waals surface area contributed by atoms with Crippen LogP contribution in [0.1, 0.15) is 11.5 Å². The maximum atomic E-state index is 12.1. The zero-order valence-electron chi connectivity index (χ0n) is 11.4. The Morgan fingerprint density at radius 2 is 1.87 bits per heavy atom. The number of alkyl halides is 3. The van der Waals surface area contributed by atoms with Crippen LogP contribution >= 0.6 is 11.3 Å². The molecule has 0 radical (unpaired) electrons. The average Bonchev–Trinajstić information content (AvgIpc) is 3.16. The van der Waals surface area contributed by atoms with Crippen LogP contribution in [0.25, 0.3) is 22.9 Å². The lowest BCUT2D eigenvalue weighted by atomic mass is 10.2. The number of thiophene rings is 1. The number of hydrogen-bond acceptors (Lipinski definition) is 5. The fraction of sp³-hybridized carbons (Fsp3) is 0.0667. The Morgan fingerprint density at radius 1 is 1.09 bits per heavy atom. The molecule has 2 aromatic heterocycles. The van der Waals surface area contributed by atoms with Gasteiger partial charge >= 0.3 is 6.36 Å². The smallest absolute Gasteiger partial charge is 0.406 e. The normalized spacial score (nSPS) is 12.0. The van der Waals surface area contributed by atoms with Crippen LogP contribution in [0.15, 0.2) is 46.3 Å². The van der Waals surface area contributed by atoms with E-state index in [1.165, 1.54) is 35.6 Å². The third kappa shape index (κ3) is 4.19. The lowest BCUT2D eigenvalue weighted by Crippen LogP contribution is -2.16. The molecule has 1 aromatic carbocycles. The Hall–Kier alpha value is -2.61. The summed E-state index contributed by atoms with van der Waals surface area (Å²) in [5, 5.41) is 5.76. The fourth-order valence-corrected chi connectivity index (χ4v) is 2.41. The minimum atomic E-state index is -4.70. The molecule has 0 bridgehead atoms. The van der Waals surface area contributed by atoms with Crippen LogP contribution in [-0.2, 0) is 0 Å². The van der Waals surface area contributed by atoms with Crippen molar-refractivity contribution in [3.05, 3.63) is 53.2 Å². The van der Waals surface area contributed by atoms with Gasteiger partial charge in [-0.05, 0) is 35.2 Å². The predicted molar refractivity (Wildman–Crippen MR) is 79.7 cm³/mol. The molecule has 3 aromatic rings. The number of rotatable bonds is 4. The summed E-state index contributed by atoms with van der Waals surface area (Å²) >= 11 is 1.49. The van der Waals surface area contributed by atoms with Crippen molar-refractivity contribution in [3.8, 4) is 16.5 Å². The van der Waals surface area contributed by atoms with Crippen molar-refractivity contribution in [1.82, 2.24) is 10.1 Å². The molecule has 0 aliphatic heterocycles. The van der Waals surface area contributed by atoms with Gasteiger partial charge in [-0.25, -0.2) is 0 Å². The number of ether oxygens (including phenoxy) is 1. The van der Waals surface area contributed by atoms with Gasteiger partial charge in [-0.2, -0.15) is 4.98 Å². The molecule has 4 nitrogen and oxygen atoms in total. The van der Waals surface area contributed by atoms with Gasteiger partial charge in [0.15, 0.2) is 0 Å². The topological polar surface area (TPSA) is 48.2 Å². The van der Waals surface area contributed by atoms with E-state index in [0.29, 0.717) is 17.3 Å². The maximum Gasteiger partial charge on any atom is 0.573 e. The van der Waals surface area contributed by atoms with Gasteiger partial charge in [0.05, 0.1) is 4.88 Å². The molecule has 0 unspecified atom stereocenters. The highest BCUT2D eigenvalue weighted by Crippen LogP contribution is 2.24. The first-order chi connectivity index (χ1) is 11.0. The predicted octanol–water partition coefficient (Wildman–Crippen LogP) is 4.87. The second-order valence-electron chi connectivity index (χ2n) is 4.38. The SMILES string of the molecule is FC(F)(F)Oc1ccc(/C=C/c2nc(-c3cccs3)no2)cc1. The van der Waals surface area contributed by atoms with Gasteiger partial charge in [0.2, 0.25) is 5.82 Å². The Balaban J connectivity index is 1.68. The van der Waals surface area contributed by atoms with E-state index >= 15 is 0 Å². The molecule has 0 spiro atoms. The van der Waals surface area contributed by atoms with Crippen molar-refractivity contribution < 1.29 is 22.4 Å². The van der Waals surface area contributed by atoms with E-state index in [1.807, 2.05) is 17.5 Å². The lowest BCUT2D eigenvalue weighted by molar-refractivity contribution is -0.274. The molecule has 0 atom stereocenters. The molecule has 0 aliphatic carbocycles. The van der Waals surface area contributed by atoms with Crippen molar-refractivity contribution in [1.29, 1.82) is 0 Å². The van der Waals surface area contributed by atoms with E-state index in [-0.39, 0.29) is 5.75 Å². The van der Waals surface area contributed by atoms with Crippen LogP contribution in [0.2, 0.25) is 0 Å². The first-order valence-electron chi connectivity index (χ1n) is 6.41. The molecule has 0 N–H and O–H groups in total. The van der Waals surface area contributed by atoms with Crippen LogP contribution < -0.4 is 4.74 Å². The zero-order chi connectivity index (χ0) is 16.3. The summed E-state index contributed by atoms with van der Waals surface area (Å²) in [7, 11) is 0. The molecule has 0 saturated heterocycles. The van der Waals surface area contributed by atoms with E-state index in [2.05, 4.69) is 14.9 Å². The van der Waals surface area contributed by atoms with Crippen molar-refractivity contribution in [2.75, 3.05) is 0 Å². The third-order valence-corrected chi connectivity index (χ3v) is 3.58. The van der Waals surface area contributed by atoms with E-state index in [4.69, 9.17) is 4.52 Å². The summed E-state index contributed by atoms with van der Waals surface area (Å²) in [5.41, 5.74) is 0.676. The minimum absolute atomic E-state index is 0.271. The number of nitrogens with zero attached hydrogens (tertiary/aromatic N) is 2. The van der Waals surface area contributed by atoms with Crippen LogP contribution in [-0.4, -0.2) is 16.5 Å². The van der Waals surface area contributed by atoms with Gasteiger partial charge < -0.3 is 9.26 Å². The highest BCUT2D eigenvalue weighted by molar-refractivity contribution is 7.13. The van der Waals surface area contributed by atoms with Gasteiger partial charge in [0.25, 0.3) is 5.89 Å². The molecule has 0 fully saturated rings. The number of hydrogen-bond donors (Lipinski definition) is 0. The molecular formula is C15H9F3N2O2S. The van der Waals surface area contributed by atoms with Gasteiger partial charge in [-0.15, -0.1) is 24.5 Å². The summed E-state index contributed by atoms with van der Waals surface area (Å²) in [6.07, 6.45) is -1.45. The van der Waals surface area contributed by atoms with Crippen LogP contribution in [0.4, 0.5) is 13.2 Å². The standard InChI is InChI=1S/C15H9F3N2O2S/c16-15(17,18)21-11-6-3-10(4-7-11)5-8-13-19-14(20-22-13)12-2-1-9-23-12/h1-9H/b8-5+. The van der Waals surface area contributed by atoms with Crippen molar-refractivity contribution in [2.45, 2.75) is 6.36 Å². The quantitative estimate of drug-likeness (QED) is 0.681. The second-order valence-corrected chi connectivity index (χ2v) is 5.33. The minimum Gasteiger partial charge on any atom is -0.406 e. The monoisotopic (exact) mass is 338 g/mol. The number of benzene rings is 1. The van der Waals surface area contributed by atoms with Gasteiger partial charge in [0.1, 0.15) is 5.75 Å². The van der Waals surface area contributed by atoms with E-state index in [0.717, 1.165) is 4.88 Å². The molecule has 2 heterocycles. The Morgan fingerprint density at radius 3 is 2.52 bits per heavy atom. The fourth-order valence-electron chi connectivity index (χ4n) is 1.76. The Bertz CT molecular complexity index is 793. The third-order valence-electron chi connectivity index (χ3n) is 2.72.